The monoisotopic (exact) mass is 507 g/mol. The molecule has 0 fully saturated rings. The van der Waals surface area contributed by atoms with Crippen LogP contribution in [-0.4, -0.2) is 11.0 Å². The Morgan fingerprint density at radius 3 is 1.84 bits per heavy atom. The number of rotatable bonds is 6. The molecule has 0 aliphatic rings. The molecule has 0 atom stereocenters. The van der Waals surface area contributed by atoms with Crippen molar-refractivity contribution in [3.05, 3.63) is 166 Å². The van der Waals surface area contributed by atoms with Crippen LogP contribution in [0, 0.1) is 5.82 Å². The maximum atomic E-state index is 13.6. The van der Waals surface area contributed by atoms with Gasteiger partial charge in [-0.25, -0.2) is 4.39 Å². The molecule has 0 aliphatic heterocycles. The first-order valence-electron chi connectivity index (χ1n) is 11.8. The molecule has 0 radical (unpaired) electrons. The van der Waals surface area contributed by atoms with Gasteiger partial charge in [0.25, 0.3) is 5.91 Å². The SMILES string of the molecule is O=C(Nc1ccc(C(c2ccccc2)(c2ccccc2)c2ccccc2Cl)cc1)c1cc(F)ccc1O. The summed E-state index contributed by atoms with van der Waals surface area (Å²) in [5.41, 5.74) is 3.59. The van der Waals surface area contributed by atoms with E-state index in [1.54, 1.807) is 12.1 Å². The van der Waals surface area contributed by atoms with E-state index in [9.17, 15) is 14.3 Å². The standard InChI is InChI=1S/C32H23ClFNO2/c33-29-14-8-7-13-28(29)32(22-9-3-1-4-10-22,23-11-5-2-6-12-23)24-15-18-26(19-16-24)35-31(37)27-21-25(34)17-20-30(27)36/h1-21,36H,(H,35,37). The molecule has 5 heteroatoms. The van der Waals surface area contributed by atoms with E-state index in [-0.39, 0.29) is 11.3 Å². The lowest BCUT2D eigenvalue weighted by Crippen LogP contribution is -2.31. The van der Waals surface area contributed by atoms with Gasteiger partial charge in [-0.1, -0.05) is 103 Å². The first-order chi connectivity index (χ1) is 18.0. The van der Waals surface area contributed by atoms with E-state index >= 15 is 0 Å². The van der Waals surface area contributed by atoms with Crippen molar-refractivity contribution >= 4 is 23.2 Å². The molecule has 0 aromatic heterocycles. The quantitative estimate of drug-likeness (QED) is 0.230. The Balaban J connectivity index is 1.64. The molecule has 3 nitrogen and oxygen atoms in total. The third-order valence-corrected chi connectivity index (χ3v) is 6.80. The van der Waals surface area contributed by atoms with Crippen LogP contribution in [0.15, 0.2) is 127 Å². The minimum Gasteiger partial charge on any atom is -0.507 e. The van der Waals surface area contributed by atoms with Crippen molar-refractivity contribution in [3.8, 4) is 5.75 Å². The van der Waals surface area contributed by atoms with Crippen LogP contribution in [0.4, 0.5) is 10.1 Å². The smallest absolute Gasteiger partial charge is 0.259 e. The number of amides is 1. The summed E-state index contributed by atoms with van der Waals surface area (Å²) in [4.78, 5) is 12.7. The van der Waals surface area contributed by atoms with Crippen molar-refractivity contribution in [1.82, 2.24) is 0 Å². The number of aromatic hydroxyl groups is 1. The van der Waals surface area contributed by atoms with E-state index in [0.29, 0.717) is 10.7 Å². The van der Waals surface area contributed by atoms with Crippen molar-refractivity contribution < 1.29 is 14.3 Å². The summed E-state index contributed by atoms with van der Waals surface area (Å²) in [5.74, 6) is -1.50. The molecule has 0 saturated carbocycles. The Morgan fingerprint density at radius 2 is 1.24 bits per heavy atom. The lowest BCUT2D eigenvalue weighted by molar-refractivity contribution is 0.102. The third kappa shape index (κ3) is 4.59. The lowest BCUT2D eigenvalue weighted by atomic mass is 9.65. The molecule has 0 spiro atoms. The van der Waals surface area contributed by atoms with Crippen LogP contribution in [0.25, 0.3) is 0 Å². The highest BCUT2D eigenvalue weighted by atomic mass is 35.5. The summed E-state index contributed by atoms with van der Waals surface area (Å²) in [6.45, 7) is 0. The van der Waals surface area contributed by atoms with Gasteiger partial charge < -0.3 is 10.4 Å². The van der Waals surface area contributed by atoms with Gasteiger partial charge in [0, 0.05) is 10.7 Å². The Bertz CT molecular complexity index is 1500. The molecule has 0 saturated heterocycles. The highest BCUT2D eigenvalue weighted by Crippen LogP contribution is 2.47. The van der Waals surface area contributed by atoms with Crippen molar-refractivity contribution in [3.63, 3.8) is 0 Å². The molecule has 0 unspecified atom stereocenters. The van der Waals surface area contributed by atoms with Gasteiger partial charge in [0.15, 0.2) is 0 Å². The average Bonchev–Trinajstić information content (AvgIpc) is 2.93. The number of carbonyl (C=O) groups is 1. The van der Waals surface area contributed by atoms with E-state index in [4.69, 9.17) is 11.6 Å². The normalized spacial score (nSPS) is 11.2. The summed E-state index contributed by atoms with van der Waals surface area (Å²) >= 11 is 6.84. The molecule has 2 N–H and O–H groups in total. The van der Waals surface area contributed by atoms with E-state index in [1.165, 1.54) is 0 Å². The van der Waals surface area contributed by atoms with Crippen LogP contribution in [0.2, 0.25) is 5.02 Å². The lowest BCUT2D eigenvalue weighted by Gasteiger charge is -2.37. The van der Waals surface area contributed by atoms with Gasteiger partial charge in [-0.2, -0.15) is 0 Å². The van der Waals surface area contributed by atoms with Crippen molar-refractivity contribution in [2.24, 2.45) is 0 Å². The Morgan fingerprint density at radius 1 is 0.703 bits per heavy atom. The predicted molar refractivity (Wildman–Crippen MR) is 146 cm³/mol. The van der Waals surface area contributed by atoms with Gasteiger partial charge >= 0.3 is 0 Å². The second-order valence-corrected chi connectivity index (χ2v) is 9.06. The Labute approximate surface area is 219 Å². The summed E-state index contributed by atoms with van der Waals surface area (Å²) in [6, 6.07) is 38.9. The van der Waals surface area contributed by atoms with Crippen LogP contribution < -0.4 is 5.32 Å². The zero-order valence-corrected chi connectivity index (χ0v) is 20.5. The molecule has 0 heterocycles. The largest absolute Gasteiger partial charge is 0.507 e. The molecular formula is C32H23ClFNO2. The number of nitrogens with one attached hydrogen (secondary N) is 1. The van der Waals surface area contributed by atoms with Gasteiger partial charge in [0.05, 0.1) is 11.0 Å². The topological polar surface area (TPSA) is 49.3 Å². The van der Waals surface area contributed by atoms with E-state index in [0.717, 1.165) is 40.5 Å². The number of anilines is 1. The van der Waals surface area contributed by atoms with Crippen molar-refractivity contribution in [2.75, 3.05) is 5.32 Å². The summed E-state index contributed by atoms with van der Waals surface area (Å²) in [6.07, 6.45) is 0. The van der Waals surface area contributed by atoms with E-state index in [1.807, 2.05) is 72.8 Å². The maximum Gasteiger partial charge on any atom is 0.259 e. The fraction of sp³-hybridized carbons (Fsp3) is 0.0312. The molecule has 0 bridgehead atoms. The zero-order chi connectivity index (χ0) is 25.8. The second-order valence-electron chi connectivity index (χ2n) is 8.65. The number of halogens is 2. The highest BCUT2D eigenvalue weighted by Gasteiger charge is 2.39. The fourth-order valence-electron chi connectivity index (χ4n) is 4.80. The molecule has 5 aromatic rings. The third-order valence-electron chi connectivity index (χ3n) is 6.47. The Kier molecular flexibility index (Phi) is 6.76. The number of phenols is 1. The van der Waals surface area contributed by atoms with Crippen LogP contribution >= 0.6 is 11.6 Å². The first-order valence-corrected chi connectivity index (χ1v) is 12.1. The number of phenolic OH excluding ortho intramolecular Hbond substituents is 1. The molecule has 0 aliphatic carbocycles. The van der Waals surface area contributed by atoms with Gasteiger partial charge in [0.1, 0.15) is 11.6 Å². The molecule has 37 heavy (non-hydrogen) atoms. The van der Waals surface area contributed by atoms with E-state index < -0.39 is 17.1 Å². The minimum atomic E-state index is -0.732. The summed E-state index contributed by atoms with van der Waals surface area (Å²) in [7, 11) is 0. The van der Waals surface area contributed by atoms with Gasteiger partial charge in [-0.05, 0) is 58.7 Å². The van der Waals surface area contributed by atoms with Crippen LogP contribution in [0.1, 0.15) is 32.6 Å². The van der Waals surface area contributed by atoms with Crippen molar-refractivity contribution in [2.45, 2.75) is 5.41 Å². The van der Waals surface area contributed by atoms with Crippen molar-refractivity contribution in [1.29, 1.82) is 0 Å². The van der Waals surface area contributed by atoms with Gasteiger partial charge in [0.2, 0.25) is 0 Å². The Hall–Kier alpha value is -4.41. The molecule has 5 rings (SSSR count). The molecule has 182 valence electrons. The molecular weight excluding hydrogens is 485 g/mol. The predicted octanol–water partition coefficient (Wildman–Crippen LogP) is 7.82. The first kappa shape index (κ1) is 24.3. The van der Waals surface area contributed by atoms with Gasteiger partial charge in [-0.15, -0.1) is 0 Å². The maximum absolute atomic E-state index is 13.6. The second kappa shape index (κ2) is 10.3. The summed E-state index contributed by atoms with van der Waals surface area (Å²) < 4.78 is 13.6. The van der Waals surface area contributed by atoms with Crippen LogP contribution in [-0.2, 0) is 5.41 Å². The minimum absolute atomic E-state index is 0.136. The fourth-order valence-corrected chi connectivity index (χ4v) is 5.08. The molecule has 5 aromatic carbocycles. The van der Waals surface area contributed by atoms with Crippen LogP contribution in [0.5, 0.6) is 5.75 Å². The number of carbonyl (C=O) groups excluding carboxylic acids is 1. The van der Waals surface area contributed by atoms with E-state index in [2.05, 4.69) is 29.6 Å². The van der Waals surface area contributed by atoms with Crippen LogP contribution in [0.3, 0.4) is 0 Å². The number of benzene rings is 5. The summed E-state index contributed by atoms with van der Waals surface area (Å²) in [5, 5.41) is 13.4. The zero-order valence-electron chi connectivity index (χ0n) is 19.7. The molecule has 1 amide bonds. The van der Waals surface area contributed by atoms with Gasteiger partial charge in [-0.3, -0.25) is 4.79 Å². The average molecular weight is 508 g/mol. The number of hydrogen-bond acceptors (Lipinski definition) is 2. The number of hydrogen-bond donors (Lipinski definition) is 2. The highest BCUT2D eigenvalue weighted by molar-refractivity contribution is 6.31.